The van der Waals surface area contributed by atoms with E-state index in [2.05, 4.69) is 12.1 Å². The molecule has 4 heteroatoms. The van der Waals surface area contributed by atoms with Crippen molar-refractivity contribution in [1.82, 2.24) is 0 Å². The first-order valence-corrected chi connectivity index (χ1v) is 5.69. The van der Waals surface area contributed by atoms with Crippen LogP contribution in [0.3, 0.4) is 0 Å². The molecule has 0 atom stereocenters. The third kappa shape index (κ3) is 1.67. The van der Waals surface area contributed by atoms with E-state index in [1.165, 1.54) is 24.3 Å². The fraction of sp³-hybridized carbons (Fsp3) is 0. The minimum absolute atomic E-state index is 0. The largest absolute Gasteiger partial charge is 1.00 e. The monoisotopic (exact) mass is 248 g/mol. The fourth-order valence-electron chi connectivity index (χ4n) is 2.77. The molecule has 0 nitrogen and oxygen atoms in total. The van der Waals surface area contributed by atoms with Gasteiger partial charge in [0.05, 0.1) is 0 Å². The van der Waals surface area contributed by atoms with Gasteiger partial charge in [-0.05, 0) is 0 Å². The second-order valence-electron chi connectivity index (χ2n) is 4.75. The Labute approximate surface area is 137 Å². The van der Waals surface area contributed by atoms with Crippen molar-refractivity contribution in [3.63, 3.8) is 0 Å². The van der Waals surface area contributed by atoms with E-state index >= 15 is 0 Å². The Kier molecular flexibility index (Phi) is 2.95. The molecule has 0 unspecified atom stereocenters. The molecule has 5 aromatic rings. The second kappa shape index (κ2) is 4.23. The van der Waals surface area contributed by atoms with E-state index in [1.54, 1.807) is 0 Å². The van der Waals surface area contributed by atoms with Crippen molar-refractivity contribution < 1.29 is 46.5 Å². The molecule has 0 aliphatic carbocycles. The summed E-state index contributed by atoms with van der Waals surface area (Å²) in [6.45, 7) is 0. The molecular weight excluding hydrogens is 244 g/mol. The molecule has 0 N–H and O–H groups in total. The summed E-state index contributed by atoms with van der Waals surface area (Å²) in [5.41, 5.74) is 0. The Morgan fingerprint density at radius 1 is 0.550 bits per heavy atom. The molecule has 0 fully saturated rings. The minimum atomic E-state index is -0.242. The Hall–Kier alpha value is -1.03. The van der Waals surface area contributed by atoms with Crippen molar-refractivity contribution in [2.75, 3.05) is 0 Å². The summed E-state index contributed by atoms with van der Waals surface area (Å²) in [4.78, 5) is 0. The van der Waals surface area contributed by atoms with Gasteiger partial charge in [0.1, 0.15) is 11.6 Å². The smallest absolute Gasteiger partial charge is 0.208 e. The summed E-state index contributed by atoms with van der Waals surface area (Å²) in [5, 5.41) is 7.03. The Balaban J connectivity index is 0.000000605. The standard InChI is InChI=1S/C16H4F2.2Li/c17-7-1-9-10(2-7)14-6-16(14)12-4-8(18)3-11(12)15-5-13(9)15;;/h1-4H;;/q-2;2*+1. The van der Waals surface area contributed by atoms with Gasteiger partial charge in [-0.1, -0.05) is 24.3 Å². The fourth-order valence-corrected chi connectivity index (χ4v) is 2.77. The normalized spacial score (nSPS) is 11.7. The average molecular weight is 248 g/mol. The molecule has 0 spiro atoms. The predicted molar refractivity (Wildman–Crippen MR) is 67.6 cm³/mol. The summed E-state index contributed by atoms with van der Waals surface area (Å²) in [6.07, 6.45) is 0. The van der Waals surface area contributed by atoms with Crippen LogP contribution in [0.4, 0.5) is 8.78 Å². The van der Waals surface area contributed by atoms with Crippen LogP contribution >= 0.6 is 0 Å². The maximum absolute atomic E-state index is 13.4. The van der Waals surface area contributed by atoms with Crippen molar-refractivity contribution in [2.45, 2.75) is 0 Å². The number of hydrogen-bond acceptors (Lipinski definition) is 0. The molecule has 20 heavy (non-hydrogen) atoms. The van der Waals surface area contributed by atoms with E-state index in [9.17, 15) is 8.78 Å². The Morgan fingerprint density at radius 2 is 0.800 bits per heavy atom. The molecule has 0 amide bonds. The van der Waals surface area contributed by atoms with Crippen LogP contribution in [0.1, 0.15) is 0 Å². The molecule has 0 aliphatic heterocycles. The van der Waals surface area contributed by atoms with E-state index in [4.69, 9.17) is 0 Å². The second-order valence-corrected chi connectivity index (χ2v) is 4.75. The maximum atomic E-state index is 13.4. The van der Waals surface area contributed by atoms with Crippen molar-refractivity contribution in [3.05, 3.63) is 48.0 Å². The molecule has 5 rings (SSSR count). The van der Waals surface area contributed by atoms with Gasteiger partial charge in [-0.2, -0.15) is 33.7 Å². The van der Waals surface area contributed by atoms with Crippen molar-refractivity contribution in [2.24, 2.45) is 0 Å². The van der Waals surface area contributed by atoms with Crippen LogP contribution in [0, 0.1) is 23.8 Å². The van der Waals surface area contributed by atoms with Crippen LogP contribution in [-0.2, 0) is 0 Å². The van der Waals surface area contributed by atoms with Crippen LogP contribution < -0.4 is 37.7 Å². The zero-order valence-electron chi connectivity index (χ0n) is 11.1. The van der Waals surface area contributed by atoms with E-state index < -0.39 is 0 Å². The number of hydrogen-bond donors (Lipinski definition) is 0. The van der Waals surface area contributed by atoms with Crippen molar-refractivity contribution >= 4 is 43.1 Å². The van der Waals surface area contributed by atoms with Gasteiger partial charge in [-0.15, -0.1) is 21.5 Å². The number of halogens is 2. The Bertz CT molecular complexity index is 878. The van der Waals surface area contributed by atoms with E-state index in [0.717, 1.165) is 43.1 Å². The average Bonchev–Trinajstić information content (AvgIpc) is 3.22. The number of rotatable bonds is 0. The summed E-state index contributed by atoms with van der Waals surface area (Å²) >= 11 is 0. The SMILES string of the molecule is Fc1cc2c3[c-]c3c3cc(F)cc3c3[c-]c3c2c1.[Li+].[Li+]. The first kappa shape index (κ1) is 13.9. The van der Waals surface area contributed by atoms with Crippen LogP contribution in [0.15, 0.2) is 24.3 Å². The first-order chi connectivity index (χ1) is 8.72. The van der Waals surface area contributed by atoms with Crippen molar-refractivity contribution in [1.29, 1.82) is 0 Å². The third-order valence-corrected chi connectivity index (χ3v) is 3.66. The first-order valence-electron chi connectivity index (χ1n) is 5.69. The summed E-state index contributed by atoms with van der Waals surface area (Å²) in [7, 11) is 0. The quantitative estimate of drug-likeness (QED) is 0.231. The minimum Gasteiger partial charge on any atom is -0.208 e. The third-order valence-electron chi connectivity index (χ3n) is 3.66. The molecule has 0 radical (unpaired) electrons. The zero-order chi connectivity index (χ0) is 12.0. The van der Waals surface area contributed by atoms with Crippen molar-refractivity contribution in [3.8, 4) is 0 Å². The molecular formula is C16H4F2Li2. The van der Waals surface area contributed by atoms with Gasteiger partial charge >= 0.3 is 37.7 Å². The van der Waals surface area contributed by atoms with Crippen LogP contribution in [0.2, 0.25) is 0 Å². The van der Waals surface area contributed by atoms with Gasteiger partial charge in [-0.3, -0.25) is 0 Å². The number of fused-ring (bicyclic) bond motifs is 8. The molecule has 5 aromatic carbocycles. The van der Waals surface area contributed by atoms with E-state index in [-0.39, 0.29) is 49.4 Å². The maximum Gasteiger partial charge on any atom is 1.00 e. The van der Waals surface area contributed by atoms with Gasteiger partial charge in [-0.25, -0.2) is 8.78 Å². The van der Waals surface area contributed by atoms with Crippen LogP contribution in [0.25, 0.3) is 43.1 Å². The molecule has 0 aromatic heterocycles. The molecule has 0 aliphatic rings. The molecule has 0 bridgehead atoms. The van der Waals surface area contributed by atoms with Crippen LogP contribution in [0.5, 0.6) is 0 Å². The van der Waals surface area contributed by atoms with Gasteiger partial charge in [0.15, 0.2) is 0 Å². The zero-order valence-corrected chi connectivity index (χ0v) is 11.1. The molecule has 0 saturated heterocycles. The van der Waals surface area contributed by atoms with E-state index in [1.807, 2.05) is 0 Å². The summed E-state index contributed by atoms with van der Waals surface area (Å²) in [5.74, 6) is -0.484. The van der Waals surface area contributed by atoms with E-state index in [0.29, 0.717) is 0 Å². The topological polar surface area (TPSA) is 0 Å². The molecule has 0 heterocycles. The predicted octanol–water partition coefficient (Wildman–Crippen LogP) is -1.50. The van der Waals surface area contributed by atoms with Gasteiger partial charge in [0, 0.05) is 0 Å². The summed E-state index contributed by atoms with van der Waals surface area (Å²) in [6, 6.07) is 12.3. The van der Waals surface area contributed by atoms with Gasteiger partial charge in [0.2, 0.25) is 0 Å². The molecule has 0 saturated carbocycles. The van der Waals surface area contributed by atoms with Gasteiger partial charge < -0.3 is 0 Å². The van der Waals surface area contributed by atoms with Crippen LogP contribution in [-0.4, -0.2) is 0 Å². The molecule has 84 valence electrons. The van der Waals surface area contributed by atoms with Gasteiger partial charge in [0.25, 0.3) is 0 Å². The summed E-state index contributed by atoms with van der Waals surface area (Å²) < 4.78 is 26.8. The Morgan fingerprint density at radius 3 is 1.05 bits per heavy atom.